The number of halogens is 1. The van der Waals surface area contributed by atoms with Gasteiger partial charge in [-0.25, -0.2) is 9.49 Å². The van der Waals surface area contributed by atoms with E-state index in [2.05, 4.69) is 20.0 Å². The molecule has 1 aromatic carbocycles. The predicted molar refractivity (Wildman–Crippen MR) is 83.5 cm³/mol. The highest BCUT2D eigenvalue weighted by atomic mass is 19.1. The number of aromatic nitrogens is 2. The Morgan fingerprint density at radius 3 is 2.68 bits per heavy atom. The molecule has 116 valence electrons. The fourth-order valence-electron chi connectivity index (χ4n) is 2.81. The standard InChI is InChI=1S/C16H19FN4O/c1-12-10-14(17)3-2-13(12)11-20-6-8-21(9-7-20)15-4-5-18-19-16(15)22/h2-5,10H,6-9,11H2,1H3,(H,19,22). The molecule has 1 aliphatic rings. The van der Waals surface area contributed by atoms with Gasteiger partial charge in [0.25, 0.3) is 5.56 Å². The lowest BCUT2D eigenvalue weighted by Crippen LogP contribution is -2.47. The van der Waals surface area contributed by atoms with E-state index in [-0.39, 0.29) is 11.4 Å². The molecule has 1 saturated heterocycles. The lowest BCUT2D eigenvalue weighted by molar-refractivity contribution is 0.249. The molecule has 2 heterocycles. The number of aryl methyl sites for hydroxylation is 1. The van der Waals surface area contributed by atoms with Gasteiger partial charge in [-0.3, -0.25) is 9.69 Å². The van der Waals surface area contributed by atoms with Crippen LogP contribution in [-0.4, -0.2) is 41.3 Å². The number of nitrogens with one attached hydrogen (secondary N) is 1. The molecule has 0 bridgehead atoms. The number of piperazine rings is 1. The van der Waals surface area contributed by atoms with Crippen molar-refractivity contribution in [1.29, 1.82) is 0 Å². The largest absolute Gasteiger partial charge is 0.364 e. The van der Waals surface area contributed by atoms with Gasteiger partial charge in [0, 0.05) is 38.9 Å². The van der Waals surface area contributed by atoms with Crippen LogP contribution in [0.15, 0.2) is 35.3 Å². The van der Waals surface area contributed by atoms with E-state index in [1.54, 1.807) is 18.3 Å². The molecule has 0 amide bonds. The normalized spacial score (nSPS) is 16.0. The van der Waals surface area contributed by atoms with E-state index < -0.39 is 0 Å². The maximum atomic E-state index is 13.1. The second-order valence-corrected chi connectivity index (χ2v) is 5.61. The third-order valence-electron chi connectivity index (χ3n) is 4.12. The smallest absolute Gasteiger partial charge is 0.287 e. The van der Waals surface area contributed by atoms with Crippen LogP contribution < -0.4 is 10.5 Å². The molecule has 1 aromatic heterocycles. The van der Waals surface area contributed by atoms with Gasteiger partial charge in [0.1, 0.15) is 11.5 Å². The summed E-state index contributed by atoms with van der Waals surface area (Å²) in [6, 6.07) is 6.68. The summed E-state index contributed by atoms with van der Waals surface area (Å²) in [6.07, 6.45) is 1.60. The number of benzene rings is 1. The molecule has 5 nitrogen and oxygen atoms in total. The second-order valence-electron chi connectivity index (χ2n) is 5.61. The van der Waals surface area contributed by atoms with E-state index in [1.165, 1.54) is 6.07 Å². The minimum Gasteiger partial charge on any atom is -0.364 e. The van der Waals surface area contributed by atoms with Gasteiger partial charge >= 0.3 is 0 Å². The van der Waals surface area contributed by atoms with Gasteiger partial charge in [0.05, 0.1) is 0 Å². The molecule has 1 fully saturated rings. The van der Waals surface area contributed by atoms with Gasteiger partial charge in [-0.05, 0) is 36.2 Å². The first-order valence-electron chi connectivity index (χ1n) is 7.39. The van der Waals surface area contributed by atoms with Gasteiger partial charge in [-0.2, -0.15) is 5.10 Å². The summed E-state index contributed by atoms with van der Waals surface area (Å²) >= 11 is 0. The first kappa shape index (κ1) is 14.7. The van der Waals surface area contributed by atoms with Crippen LogP contribution in [0.5, 0.6) is 0 Å². The maximum absolute atomic E-state index is 13.1. The lowest BCUT2D eigenvalue weighted by atomic mass is 10.1. The Balaban J connectivity index is 1.62. The molecular formula is C16H19FN4O. The number of aromatic amines is 1. The molecule has 0 aliphatic carbocycles. The number of hydrogen-bond acceptors (Lipinski definition) is 4. The summed E-state index contributed by atoms with van der Waals surface area (Å²) in [5.41, 5.74) is 2.66. The van der Waals surface area contributed by atoms with Gasteiger partial charge in [0.15, 0.2) is 0 Å². The van der Waals surface area contributed by atoms with Crippen LogP contribution in [0.1, 0.15) is 11.1 Å². The number of rotatable bonds is 3. The monoisotopic (exact) mass is 302 g/mol. The Morgan fingerprint density at radius 2 is 2.00 bits per heavy atom. The quantitative estimate of drug-likeness (QED) is 0.934. The van der Waals surface area contributed by atoms with Crippen LogP contribution in [-0.2, 0) is 6.54 Å². The SMILES string of the molecule is Cc1cc(F)ccc1CN1CCN(c2ccn[nH]c2=O)CC1. The van der Waals surface area contributed by atoms with E-state index in [0.29, 0.717) is 5.69 Å². The lowest BCUT2D eigenvalue weighted by Gasteiger charge is -2.35. The Kier molecular flexibility index (Phi) is 4.20. The van der Waals surface area contributed by atoms with E-state index in [4.69, 9.17) is 0 Å². The number of anilines is 1. The van der Waals surface area contributed by atoms with E-state index >= 15 is 0 Å². The van der Waals surface area contributed by atoms with Gasteiger partial charge in [-0.15, -0.1) is 0 Å². The minimum absolute atomic E-state index is 0.148. The Hall–Kier alpha value is -2.21. The van der Waals surface area contributed by atoms with E-state index in [9.17, 15) is 9.18 Å². The second kappa shape index (κ2) is 6.27. The molecule has 22 heavy (non-hydrogen) atoms. The molecule has 1 N–H and O–H groups in total. The Bertz CT molecular complexity index is 707. The number of nitrogens with zero attached hydrogens (tertiary/aromatic N) is 3. The van der Waals surface area contributed by atoms with Crippen LogP contribution in [0.3, 0.4) is 0 Å². The zero-order chi connectivity index (χ0) is 15.5. The summed E-state index contributed by atoms with van der Waals surface area (Å²) in [7, 11) is 0. The zero-order valence-corrected chi connectivity index (χ0v) is 12.6. The Labute approximate surface area is 128 Å². The average Bonchev–Trinajstić information content (AvgIpc) is 2.51. The van der Waals surface area contributed by atoms with Crippen molar-refractivity contribution in [2.45, 2.75) is 13.5 Å². The van der Waals surface area contributed by atoms with Crippen molar-refractivity contribution in [3.8, 4) is 0 Å². The van der Waals surface area contributed by atoms with Crippen LogP contribution >= 0.6 is 0 Å². The highest BCUT2D eigenvalue weighted by Gasteiger charge is 2.19. The molecule has 0 spiro atoms. The van der Waals surface area contributed by atoms with Gasteiger partial charge in [-0.1, -0.05) is 6.07 Å². The molecule has 0 atom stereocenters. The summed E-state index contributed by atoms with van der Waals surface area (Å²) in [6.45, 7) is 6.09. The summed E-state index contributed by atoms with van der Waals surface area (Å²) in [5.74, 6) is -0.192. The van der Waals surface area contributed by atoms with Crippen molar-refractivity contribution < 1.29 is 4.39 Å². The highest BCUT2D eigenvalue weighted by Crippen LogP contribution is 2.16. The number of H-pyrrole nitrogens is 1. The first-order valence-corrected chi connectivity index (χ1v) is 7.39. The molecule has 6 heteroatoms. The fourth-order valence-corrected chi connectivity index (χ4v) is 2.81. The molecule has 2 aromatic rings. The summed E-state index contributed by atoms with van der Waals surface area (Å²) < 4.78 is 13.1. The van der Waals surface area contributed by atoms with E-state index in [1.807, 2.05) is 13.0 Å². The predicted octanol–water partition coefficient (Wildman–Crippen LogP) is 1.54. The van der Waals surface area contributed by atoms with Crippen LogP contribution in [0.4, 0.5) is 10.1 Å². The van der Waals surface area contributed by atoms with Gasteiger partial charge < -0.3 is 4.90 Å². The van der Waals surface area contributed by atoms with E-state index in [0.717, 1.165) is 43.9 Å². The topological polar surface area (TPSA) is 52.2 Å². The van der Waals surface area contributed by atoms with Crippen molar-refractivity contribution in [1.82, 2.24) is 15.1 Å². The molecule has 0 unspecified atom stereocenters. The van der Waals surface area contributed by atoms with Crippen molar-refractivity contribution in [2.75, 3.05) is 31.1 Å². The molecule has 0 radical (unpaired) electrons. The molecule has 0 saturated carbocycles. The molecular weight excluding hydrogens is 283 g/mol. The van der Waals surface area contributed by atoms with Crippen LogP contribution in [0.25, 0.3) is 0 Å². The number of hydrogen-bond donors (Lipinski definition) is 1. The van der Waals surface area contributed by atoms with Crippen molar-refractivity contribution in [2.24, 2.45) is 0 Å². The molecule has 1 aliphatic heterocycles. The van der Waals surface area contributed by atoms with Gasteiger partial charge in [0.2, 0.25) is 0 Å². The third-order valence-corrected chi connectivity index (χ3v) is 4.12. The summed E-state index contributed by atoms with van der Waals surface area (Å²) in [4.78, 5) is 16.2. The Morgan fingerprint density at radius 1 is 1.23 bits per heavy atom. The fraction of sp³-hybridized carbons (Fsp3) is 0.375. The minimum atomic E-state index is -0.192. The third kappa shape index (κ3) is 3.17. The van der Waals surface area contributed by atoms with Crippen molar-refractivity contribution >= 4 is 5.69 Å². The average molecular weight is 302 g/mol. The van der Waals surface area contributed by atoms with Crippen LogP contribution in [0, 0.1) is 12.7 Å². The van der Waals surface area contributed by atoms with Crippen molar-refractivity contribution in [3.05, 3.63) is 57.8 Å². The van der Waals surface area contributed by atoms with Crippen molar-refractivity contribution in [3.63, 3.8) is 0 Å². The summed E-state index contributed by atoms with van der Waals surface area (Å²) in [5, 5.41) is 6.19. The first-order chi connectivity index (χ1) is 10.6. The highest BCUT2D eigenvalue weighted by molar-refractivity contribution is 5.43. The maximum Gasteiger partial charge on any atom is 0.287 e. The zero-order valence-electron chi connectivity index (χ0n) is 12.6. The molecule has 3 rings (SSSR count). The van der Waals surface area contributed by atoms with Crippen LogP contribution in [0.2, 0.25) is 0 Å².